The second-order valence-corrected chi connectivity index (χ2v) is 5.01. The molecule has 0 bridgehead atoms. The van der Waals surface area contributed by atoms with Gasteiger partial charge in [-0.15, -0.1) is 6.42 Å². The first kappa shape index (κ1) is 16.4. The lowest BCUT2D eigenvalue weighted by Gasteiger charge is -2.08. The van der Waals surface area contributed by atoms with Crippen LogP contribution < -0.4 is 5.32 Å². The highest BCUT2D eigenvalue weighted by Crippen LogP contribution is 2.18. The van der Waals surface area contributed by atoms with Crippen LogP contribution in [0.3, 0.4) is 0 Å². The molecule has 0 atom stereocenters. The van der Waals surface area contributed by atoms with Gasteiger partial charge in [0.1, 0.15) is 5.76 Å². The molecule has 0 aromatic carbocycles. The Morgan fingerprint density at radius 1 is 1.43 bits per heavy atom. The van der Waals surface area contributed by atoms with E-state index >= 15 is 0 Å². The van der Waals surface area contributed by atoms with Crippen LogP contribution in [0.1, 0.15) is 27.5 Å². The van der Waals surface area contributed by atoms with Crippen LogP contribution in [0.2, 0.25) is 0 Å². The van der Waals surface area contributed by atoms with Gasteiger partial charge in [0, 0.05) is 11.4 Å². The Labute approximate surface area is 134 Å². The fourth-order valence-corrected chi connectivity index (χ4v) is 2.22. The van der Waals surface area contributed by atoms with Crippen molar-refractivity contribution in [2.75, 3.05) is 13.2 Å². The molecular weight excluding hydrogens is 296 g/mol. The number of furan rings is 1. The number of hydrogen-bond acceptors (Lipinski definition) is 4. The zero-order chi connectivity index (χ0) is 16.8. The minimum atomic E-state index is -0.542. The van der Waals surface area contributed by atoms with Crippen LogP contribution in [0.25, 0.3) is 0 Å². The summed E-state index contributed by atoms with van der Waals surface area (Å²) in [5, 5.41) is 2.43. The Balaban J connectivity index is 2.04. The van der Waals surface area contributed by atoms with Crippen LogP contribution in [0.4, 0.5) is 0 Å². The van der Waals surface area contributed by atoms with Gasteiger partial charge in [0.15, 0.2) is 6.61 Å². The molecule has 6 nitrogen and oxygen atoms in total. The van der Waals surface area contributed by atoms with E-state index in [1.807, 2.05) is 30.5 Å². The molecule has 0 spiro atoms. The van der Waals surface area contributed by atoms with Crippen LogP contribution in [-0.2, 0) is 16.1 Å². The molecule has 2 rings (SSSR count). The van der Waals surface area contributed by atoms with Crippen molar-refractivity contribution >= 4 is 11.9 Å². The number of rotatable bonds is 6. The van der Waals surface area contributed by atoms with Gasteiger partial charge in [-0.3, -0.25) is 4.79 Å². The number of hydrogen-bond donors (Lipinski definition) is 1. The first-order chi connectivity index (χ1) is 11.0. The summed E-state index contributed by atoms with van der Waals surface area (Å²) in [6, 6.07) is 5.42. The molecule has 2 heterocycles. The maximum absolute atomic E-state index is 12.1. The molecule has 0 saturated carbocycles. The summed E-state index contributed by atoms with van der Waals surface area (Å²) in [7, 11) is 0. The second kappa shape index (κ2) is 7.36. The van der Waals surface area contributed by atoms with Gasteiger partial charge in [0.2, 0.25) is 0 Å². The van der Waals surface area contributed by atoms with Gasteiger partial charge in [0.05, 0.1) is 24.9 Å². The van der Waals surface area contributed by atoms with Gasteiger partial charge >= 0.3 is 5.97 Å². The van der Waals surface area contributed by atoms with Crippen molar-refractivity contribution in [3.63, 3.8) is 0 Å². The third kappa shape index (κ3) is 4.04. The summed E-state index contributed by atoms with van der Waals surface area (Å²) in [5.74, 6) is 2.09. The lowest BCUT2D eigenvalue weighted by Crippen LogP contribution is -2.29. The number of nitrogens with zero attached hydrogens (tertiary/aromatic N) is 1. The van der Waals surface area contributed by atoms with Crippen LogP contribution >= 0.6 is 0 Å². The number of aryl methyl sites for hydroxylation is 1. The minimum absolute atomic E-state index is 0.105. The predicted molar refractivity (Wildman–Crippen MR) is 83.8 cm³/mol. The summed E-state index contributed by atoms with van der Waals surface area (Å²) in [5.41, 5.74) is 2.09. The predicted octanol–water partition coefficient (Wildman–Crippen LogP) is 1.65. The third-order valence-electron chi connectivity index (χ3n) is 3.41. The van der Waals surface area contributed by atoms with Crippen molar-refractivity contribution in [3.8, 4) is 12.3 Å². The number of amides is 1. The van der Waals surface area contributed by atoms with Crippen molar-refractivity contribution in [2.24, 2.45) is 0 Å². The van der Waals surface area contributed by atoms with E-state index in [1.165, 1.54) is 0 Å². The summed E-state index contributed by atoms with van der Waals surface area (Å²) in [6.45, 7) is 3.99. The van der Waals surface area contributed by atoms with Crippen molar-refractivity contribution in [3.05, 3.63) is 47.2 Å². The fourth-order valence-electron chi connectivity index (χ4n) is 2.22. The molecule has 120 valence electrons. The van der Waals surface area contributed by atoms with E-state index in [1.54, 1.807) is 12.3 Å². The van der Waals surface area contributed by atoms with Crippen LogP contribution in [0, 0.1) is 26.2 Å². The highest BCUT2D eigenvalue weighted by molar-refractivity contribution is 5.92. The zero-order valence-corrected chi connectivity index (χ0v) is 13.1. The molecule has 1 N–H and O–H groups in total. The first-order valence-electron chi connectivity index (χ1n) is 7.09. The largest absolute Gasteiger partial charge is 0.467 e. The number of nitrogens with one attached hydrogen (secondary N) is 1. The van der Waals surface area contributed by atoms with E-state index < -0.39 is 11.9 Å². The maximum atomic E-state index is 12.1. The number of aromatic nitrogens is 1. The Morgan fingerprint density at radius 2 is 2.22 bits per heavy atom. The molecule has 0 aliphatic rings. The fraction of sp³-hybridized carbons (Fsp3) is 0.294. The molecule has 23 heavy (non-hydrogen) atoms. The average Bonchev–Trinajstić information content (AvgIpc) is 3.14. The van der Waals surface area contributed by atoms with Crippen molar-refractivity contribution < 1.29 is 18.7 Å². The summed E-state index contributed by atoms with van der Waals surface area (Å²) < 4.78 is 12.3. The standard InChI is InChI=1S/C17H18N2O4/c1-4-7-18-16(20)11-23-17(21)15-9-12(2)19(13(15)3)10-14-6-5-8-22-14/h1,5-6,8-9H,7,10-11H2,2-3H3,(H,18,20). The van der Waals surface area contributed by atoms with Gasteiger partial charge in [-0.25, -0.2) is 4.79 Å². The van der Waals surface area contributed by atoms with Crippen LogP contribution in [0.5, 0.6) is 0 Å². The summed E-state index contributed by atoms with van der Waals surface area (Å²) >= 11 is 0. The highest BCUT2D eigenvalue weighted by Gasteiger charge is 2.18. The van der Waals surface area contributed by atoms with Gasteiger partial charge in [0.25, 0.3) is 5.91 Å². The second-order valence-electron chi connectivity index (χ2n) is 5.01. The molecule has 0 unspecified atom stereocenters. The Bertz CT molecular complexity index is 735. The first-order valence-corrected chi connectivity index (χ1v) is 7.09. The van der Waals surface area contributed by atoms with Crippen LogP contribution in [-0.4, -0.2) is 29.6 Å². The molecule has 0 aliphatic carbocycles. The van der Waals surface area contributed by atoms with Gasteiger partial charge in [-0.2, -0.15) is 0 Å². The number of terminal acetylenes is 1. The van der Waals surface area contributed by atoms with Gasteiger partial charge in [-0.1, -0.05) is 5.92 Å². The van der Waals surface area contributed by atoms with E-state index in [0.717, 1.165) is 17.1 Å². The van der Waals surface area contributed by atoms with E-state index in [2.05, 4.69) is 11.2 Å². The number of ether oxygens (including phenoxy) is 1. The molecule has 2 aromatic heterocycles. The third-order valence-corrected chi connectivity index (χ3v) is 3.41. The molecule has 0 aliphatic heterocycles. The molecule has 0 saturated heterocycles. The van der Waals surface area contributed by atoms with E-state index in [0.29, 0.717) is 12.1 Å². The summed E-state index contributed by atoms with van der Waals surface area (Å²) in [4.78, 5) is 23.5. The molecular formula is C17H18N2O4. The quantitative estimate of drug-likeness (QED) is 0.650. The number of carbonyl (C=O) groups is 2. The lowest BCUT2D eigenvalue weighted by molar-refractivity contribution is -0.123. The van der Waals surface area contributed by atoms with Gasteiger partial charge < -0.3 is 19.0 Å². The van der Waals surface area contributed by atoms with Crippen molar-refractivity contribution in [2.45, 2.75) is 20.4 Å². The van der Waals surface area contributed by atoms with Gasteiger partial charge in [-0.05, 0) is 32.0 Å². The average molecular weight is 314 g/mol. The number of esters is 1. The minimum Gasteiger partial charge on any atom is -0.467 e. The Hall–Kier alpha value is -2.94. The smallest absolute Gasteiger partial charge is 0.340 e. The molecule has 0 radical (unpaired) electrons. The van der Waals surface area contributed by atoms with Crippen LogP contribution in [0.15, 0.2) is 28.9 Å². The number of carbonyl (C=O) groups excluding carboxylic acids is 2. The van der Waals surface area contributed by atoms with Crippen molar-refractivity contribution in [1.29, 1.82) is 0 Å². The van der Waals surface area contributed by atoms with E-state index in [4.69, 9.17) is 15.6 Å². The Morgan fingerprint density at radius 3 is 2.87 bits per heavy atom. The maximum Gasteiger partial charge on any atom is 0.340 e. The molecule has 0 fully saturated rings. The molecule has 6 heteroatoms. The Kier molecular flexibility index (Phi) is 5.26. The monoisotopic (exact) mass is 314 g/mol. The van der Waals surface area contributed by atoms with E-state index in [9.17, 15) is 9.59 Å². The normalized spacial score (nSPS) is 10.1. The molecule has 1 amide bonds. The summed E-state index contributed by atoms with van der Waals surface area (Å²) in [6.07, 6.45) is 6.64. The lowest BCUT2D eigenvalue weighted by atomic mass is 10.2. The zero-order valence-electron chi connectivity index (χ0n) is 13.1. The highest BCUT2D eigenvalue weighted by atomic mass is 16.5. The SMILES string of the molecule is C#CCNC(=O)COC(=O)c1cc(C)n(Cc2ccco2)c1C. The molecule has 2 aromatic rings. The topological polar surface area (TPSA) is 73.5 Å². The van der Waals surface area contributed by atoms with Crippen molar-refractivity contribution in [1.82, 2.24) is 9.88 Å². The van der Waals surface area contributed by atoms with E-state index in [-0.39, 0.29) is 13.2 Å².